The number of unbranched alkanes of at least 4 members (excludes halogenated alkanes) is 1. The van der Waals surface area contributed by atoms with E-state index in [-0.39, 0.29) is 4.70 Å². The quantitative estimate of drug-likeness (QED) is 0.451. The highest BCUT2D eigenvalue weighted by Crippen LogP contribution is 1.76. The van der Waals surface area contributed by atoms with Gasteiger partial charge in [-0.2, -0.15) is 0 Å². The molecule has 0 saturated carbocycles. The molecule has 0 rings (SSSR count). The van der Waals surface area contributed by atoms with Crippen molar-refractivity contribution in [1.82, 2.24) is 0 Å². The monoisotopic (exact) mass is 106 g/mol. The van der Waals surface area contributed by atoms with Gasteiger partial charge in [-0.1, -0.05) is 26.7 Å². The van der Waals surface area contributed by atoms with E-state index in [0.717, 1.165) is 0 Å². The van der Waals surface area contributed by atoms with Crippen LogP contribution in [0.15, 0.2) is 13.2 Å². The van der Waals surface area contributed by atoms with Gasteiger partial charge in [0, 0.05) is 0 Å². The molecule has 0 aliphatic rings. The number of hydrogen-bond acceptors (Lipinski definition) is 0. The summed E-state index contributed by atoms with van der Waals surface area (Å²) in [4.78, 5) is 0. The molecule has 46 valence electrons. The molecule has 0 nitrogen and oxygen atoms in total. The van der Waals surface area contributed by atoms with Crippen molar-refractivity contribution >= 4 is 0 Å². The van der Waals surface area contributed by atoms with Crippen molar-refractivity contribution < 1.29 is 4.70 Å². The van der Waals surface area contributed by atoms with Gasteiger partial charge < -0.3 is 0 Å². The minimum Gasteiger partial charge on any atom is -0.269 e. The summed E-state index contributed by atoms with van der Waals surface area (Å²) in [6.45, 7) is 10.4. The van der Waals surface area contributed by atoms with Gasteiger partial charge in [0.25, 0.3) is 0 Å². The van der Waals surface area contributed by atoms with Gasteiger partial charge in [0.15, 0.2) is 0 Å². The summed E-state index contributed by atoms with van der Waals surface area (Å²) in [6, 6.07) is 0. The lowest BCUT2D eigenvalue weighted by Crippen LogP contribution is -1.47. The molecule has 0 radical (unpaired) electrons. The molecular formula is C6H15F. The third kappa shape index (κ3) is 170. The van der Waals surface area contributed by atoms with Crippen LogP contribution in [0, 0.1) is 0 Å². The van der Waals surface area contributed by atoms with Gasteiger partial charge in [-0.05, 0) is 0 Å². The van der Waals surface area contributed by atoms with Crippen LogP contribution >= 0.6 is 0 Å². The van der Waals surface area contributed by atoms with E-state index in [9.17, 15) is 0 Å². The minimum absolute atomic E-state index is 0. The maximum atomic E-state index is 3.00. The summed E-state index contributed by atoms with van der Waals surface area (Å²) in [7, 11) is 0. The van der Waals surface area contributed by atoms with Crippen LogP contribution in [0.3, 0.4) is 0 Å². The van der Waals surface area contributed by atoms with Crippen LogP contribution in [0.5, 0.6) is 0 Å². The van der Waals surface area contributed by atoms with E-state index in [0.29, 0.717) is 0 Å². The smallest absolute Gasteiger partial charge is 0.0564 e. The largest absolute Gasteiger partial charge is 0.269 e. The molecule has 0 aliphatic carbocycles. The number of halogens is 1. The molecule has 0 aromatic heterocycles. The zero-order chi connectivity index (χ0) is 5.41. The molecule has 0 unspecified atom stereocenters. The first-order valence-electron chi connectivity index (χ1n) is 2.41. The topological polar surface area (TPSA) is 0 Å². The summed E-state index contributed by atoms with van der Waals surface area (Å²) in [5.41, 5.74) is 0. The highest BCUT2D eigenvalue weighted by Gasteiger charge is 1.56. The average molecular weight is 106 g/mol. The fourth-order valence-corrected chi connectivity index (χ4v) is 0. The summed E-state index contributed by atoms with van der Waals surface area (Å²) >= 11 is 0. The van der Waals surface area contributed by atoms with Gasteiger partial charge >= 0.3 is 0 Å². The van der Waals surface area contributed by atoms with E-state index in [1.807, 2.05) is 0 Å². The van der Waals surface area contributed by atoms with Crippen molar-refractivity contribution in [2.45, 2.75) is 26.7 Å². The Labute approximate surface area is 45.6 Å². The van der Waals surface area contributed by atoms with Gasteiger partial charge in [0.1, 0.15) is 0 Å². The molecule has 0 fully saturated rings. The van der Waals surface area contributed by atoms with E-state index < -0.39 is 0 Å². The van der Waals surface area contributed by atoms with E-state index >= 15 is 0 Å². The molecule has 0 saturated heterocycles. The lowest BCUT2D eigenvalue weighted by molar-refractivity contribution is 0.886. The zero-order valence-corrected chi connectivity index (χ0v) is 5.24. The maximum Gasteiger partial charge on any atom is -0.0564 e. The molecule has 0 aromatic rings. The van der Waals surface area contributed by atoms with E-state index in [1.165, 1.54) is 12.8 Å². The molecule has 0 spiro atoms. The Hall–Kier alpha value is -0.330. The minimum atomic E-state index is 0. The zero-order valence-electron chi connectivity index (χ0n) is 5.24. The lowest BCUT2D eigenvalue weighted by Gasteiger charge is -1.68. The van der Waals surface area contributed by atoms with Crippen molar-refractivity contribution in [2.75, 3.05) is 0 Å². The van der Waals surface area contributed by atoms with E-state index in [4.69, 9.17) is 0 Å². The van der Waals surface area contributed by atoms with Crippen LogP contribution in [0.25, 0.3) is 0 Å². The van der Waals surface area contributed by atoms with Crippen LogP contribution in [0.2, 0.25) is 0 Å². The summed E-state index contributed by atoms with van der Waals surface area (Å²) in [5, 5.41) is 0. The fraction of sp³-hybridized carbons (Fsp3) is 0.667. The lowest BCUT2D eigenvalue weighted by atomic mass is 10.4. The average Bonchev–Trinajstić information content (AvgIpc) is 1.72. The highest BCUT2D eigenvalue weighted by molar-refractivity contribution is 4.22. The predicted octanol–water partition coefficient (Wildman–Crippen LogP) is 2.76. The second-order valence-corrected chi connectivity index (χ2v) is 1.000. The van der Waals surface area contributed by atoms with Crippen molar-refractivity contribution in [3.05, 3.63) is 13.2 Å². The van der Waals surface area contributed by atoms with Crippen molar-refractivity contribution in [1.29, 1.82) is 0 Å². The molecule has 0 amide bonds. The highest BCUT2D eigenvalue weighted by atomic mass is 19.0. The Morgan fingerprint density at radius 2 is 1.14 bits per heavy atom. The predicted molar refractivity (Wildman–Crippen MR) is 34.3 cm³/mol. The van der Waals surface area contributed by atoms with Gasteiger partial charge in [-0.25, -0.2) is 0 Å². The maximum absolute atomic E-state index is 3.00. The SMILES string of the molecule is C=C.CCCC.F. The van der Waals surface area contributed by atoms with Crippen LogP contribution in [-0.2, 0) is 0 Å². The van der Waals surface area contributed by atoms with Gasteiger partial charge in [-0.3, -0.25) is 4.70 Å². The third-order valence-corrected chi connectivity index (χ3v) is 0.500. The van der Waals surface area contributed by atoms with Crippen LogP contribution in [0.1, 0.15) is 26.7 Å². The van der Waals surface area contributed by atoms with Crippen molar-refractivity contribution in [3.63, 3.8) is 0 Å². The second kappa shape index (κ2) is 44.3. The number of hydrogen-bond donors (Lipinski definition) is 0. The molecule has 7 heavy (non-hydrogen) atoms. The molecule has 0 aliphatic heterocycles. The van der Waals surface area contributed by atoms with Gasteiger partial charge in [0.05, 0.1) is 0 Å². The first-order chi connectivity index (χ1) is 2.91. The molecular weight excluding hydrogens is 91.1 g/mol. The van der Waals surface area contributed by atoms with Gasteiger partial charge in [0.2, 0.25) is 0 Å². The first-order valence-corrected chi connectivity index (χ1v) is 2.41. The summed E-state index contributed by atoms with van der Waals surface area (Å²) in [5.74, 6) is 0. The molecule has 0 aromatic carbocycles. The Kier molecular flexibility index (Phi) is 101. The Bertz CT molecular complexity index is 11.7. The summed E-state index contributed by atoms with van der Waals surface area (Å²) < 4.78 is 0. The van der Waals surface area contributed by atoms with Crippen LogP contribution < -0.4 is 0 Å². The van der Waals surface area contributed by atoms with Crippen LogP contribution in [-0.4, -0.2) is 0 Å². The molecule has 0 bridgehead atoms. The Morgan fingerprint density at radius 3 is 1.14 bits per heavy atom. The van der Waals surface area contributed by atoms with E-state index in [2.05, 4.69) is 27.0 Å². The second-order valence-electron chi connectivity index (χ2n) is 1.000. The Morgan fingerprint density at radius 1 is 1.00 bits per heavy atom. The van der Waals surface area contributed by atoms with Crippen molar-refractivity contribution in [2.24, 2.45) is 0 Å². The molecule has 0 N–H and O–H groups in total. The van der Waals surface area contributed by atoms with E-state index in [1.54, 1.807) is 0 Å². The third-order valence-electron chi connectivity index (χ3n) is 0.500. The fourth-order valence-electron chi connectivity index (χ4n) is 0. The standard InChI is InChI=1S/C4H10.C2H4.FH/c1-3-4-2;1-2;/h3-4H2,1-2H3;1-2H2;1H. The Balaban J connectivity index is -0.0000000480. The summed E-state index contributed by atoms with van der Waals surface area (Å²) in [6.07, 6.45) is 2.64. The van der Waals surface area contributed by atoms with Gasteiger partial charge in [-0.15, -0.1) is 13.2 Å². The molecule has 0 atom stereocenters. The number of rotatable bonds is 1. The van der Waals surface area contributed by atoms with Crippen LogP contribution in [0.4, 0.5) is 4.70 Å². The molecule has 0 heterocycles. The normalized spacial score (nSPS) is 4.86. The molecule has 1 heteroatoms. The van der Waals surface area contributed by atoms with Crippen molar-refractivity contribution in [3.8, 4) is 0 Å². The first kappa shape index (κ1) is 15.9.